The Bertz CT molecular complexity index is 1280. The molecular weight excluding hydrogens is 372 g/mol. The Morgan fingerprint density at radius 1 is 1.00 bits per heavy atom. The quantitative estimate of drug-likeness (QED) is 0.380. The Kier molecular flexibility index (Phi) is 4.69. The summed E-state index contributed by atoms with van der Waals surface area (Å²) >= 11 is 0. The van der Waals surface area contributed by atoms with Gasteiger partial charge in [0.25, 0.3) is 5.91 Å². The van der Waals surface area contributed by atoms with Crippen molar-refractivity contribution in [1.29, 1.82) is 0 Å². The fraction of sp³-hybridized carbons (Fsp3) is 0.0800. The molecule has 0 unspecified atom stereocenters. The summed E-state index contributed by atoms with van der Waals surface area (Å²) in [7, 11) is 0. The number of nitrogens with one attached hydrogen (secondary N) is 2. The molecule has 30 heavy (non-hydrogen) atoms. The van der Waals surface area contributed by atoms with Crippen LogP contribution < -0.4 is 5.43 Å². The Balaban J connectivity index is 1.31. The second-order valence-corrected chi connectivity index (χ2v) is 7.27. The smallest absolute Gasteiger partial charge is 0.272 e. The van der Waals surface area contributed by atoms with E-state index in [1.807, 2.05) is 36.4 Å². The van der Waals surface area contributed by atoms with Gasteiger partial charge in [-0.3, -0.25) is 9.89 Å². The molecule has 146 valence electrons. The van der Waals surface area contributed by atoms with Crippen molar-refractivity contribution in [3.05, 3.63) is 95.2 Å². The number of allylic oxidation sites excluding steroid dienone is 1. The number of H-pyrrole nitrogens is 1. The van der Waals surface area contributed by atoms with Crippen molar-refractivity contribution in [2.24, 2.45) is 5.10 Å². The molecule has 1 heterocycles. The van der Waals surface area contributed by atoms with Crippen molar-refractivity contribution >= 4 is 29.0 Å². The number of aromatic amines is 1. The molecule has 1 aromatic heterocycles. The van der Waals surface area contributed by atoms with Crippen LogP contribution in [-0.4, -0.2) is 22.3 Å². The first kappa shape index (κ1) is 18.1. The van der Waals surface area contributed by atoms with Gasteiger partial charge in [0.1, 0.15) is 5.69 Å². The van der Waals surface area contributed by atoms with Gasteiger partial charge in [-0.2, -0.15) is 10.2 Å². The summed E-state index contributed by atoms with van der Waals surface area (Å²) in [4.78, 5) is 12.4. The lowest BCUT2D eigenvalue weighted by molar-refractivity contribution is 0.0950. The molecule has 0 spiro atoms. The van der Waals surface area contributed by atoms with Gasteiger partial charge < -0.3 is 0 Å². The lowest BCUT2D eigenvalue weighted by atomic mass is 9.98. The lowest BCUT2D eigenvalue weighted by Gasteiger charge is -2.06. The molecule has 0 saturated carbocycles. The maximum absolute atomic E-state index is 12.4. The van der Waals surface area contributed by atoms with Crippen LogP contribution in [0.4, 0.5) is 0 Å². The van der Waals surface area contributed by atoms with Crippen LogP contribution in [0.25, 0.3) is 28.1 Å². The first-order valence-electron chi connectivity index (χ1n) is 9.94. The van der Waals surface area contributed by atoms with Gasteiger partial charge in [-0.1, -0.05) is 66.7 Å². The van der Waals surface area contributed by atoms with Crippen LogP contribution in [0.1, 0.15) is 27.2 Å². The summed E-state index contributed by atoms with van der Waals surface area (Å²) in [5.74, 6) is -0.330. The topological polar surface area (TPSA) is 70.1 Å². The van der Waals surface area contributed by atoms with Gasteiger partial charge in [0.15, 0.2) is 0 Å². The minimum Gasteiger partial charge on any atom is -0.272 e. The second kappa shape index (κ2) is 7.79. The van der Waals surface area contributed by atoms with Crippen molar-refractivity contribution < 1.29 is 4.79 Å². The van der Waals surface area contributed by atoms with Gasteiger partial charge in [0, 0.05) is 11.8 Å². The van der Waals surface area contributed by atoms with Crippen LogP contribution in [0.15, 0.2) is 77.9 Å². The van der Waals surface area contributed by atoms with E-state index in [0.717, 1.165) is 29.7 Å². The van der Waals surface area contributed by atoms with Crippen molar-refractivity contribution in [2.75, 3.05) is 0 Å². The molecule has 0 aliphatic heterocycles. The van der Waals surface area contributed by atoms with E-state index in [0.29, 0.717) is 5.69 Å². The number of aryl methyl sites for hydroxylation is 2. The molecule has 0 radical (unpaired) electrons. The Morgan fingerprint density at radius 2 is 1.83 bits per heavy atom. The van der Waals surface area contributed by atoms with Crippen LogP contribution in [0, 0.1) is 0 Å². The van der Waals surface area contributed by atoms with Crippen LogP contribution in [-0.2, 0) is 12.8 Å². The molecule has 4 aromatic rings. The Morgan fingerprint density at radius 3 is 2.70 bits per heavy atom. The van der Waals surface area contributed by atoms with Crippen molar-refractivity contribution in [3.8, 4) is 11.3 Å². The van der Waals surface area contributed by atoms with Crippen molar-refractivity contribution in [2.45, 2.75) is 12.8 Å². The van der Waals surface area contributed by atoms with Gasteiger partial charge in [-0.15, -0.1) is 0 Å². The molecule has 0 saturated heterocycles. The Labute approximate surface area is 174 Å². The number of carbonyl (C=O) groups is 1. The zero-order valence-electron chi connectivity index (χ0n) is 16.3. The van der Waals surface area contributed by atoms with Gasteiger partial charge >= 0.3 is 0 Å². The highest BCUT2D eigenvalue weighted by molar-refractivity contribution is 6.02. The standard InChI is InChI=1S/C25H20N4O/c30-25(29-26-15-5-8-17-6-2-1-3-7-17)23-16-22(27-28-23)20-14-13-19-12-11-18-9-4-10-21(20)24(18)19/h1-10,13-16H,11-12H2,(H,27,28)(H,29,30)/b8-5+,26-15-. The molecule has 1 aliphatic carbocycles. The lowest BCUT2D eigenvalue weighted by Crippen LogP contribution is -2.17. The third-order valence-corrected chi connectivity index (χ3v) is 5.39. The zero-order chi connectivity index (χ0) is 20.3. The summed E-state index contributed by atoms with van der Waals surface area (Å²) in [5, 5.41) is 13.7. The SMILES string of the molecule is O=C(N/N=C\C=C\c1ccccc1)c1cc(-c2ccc3c4c(cccc24)CC3)n[nH]1. The van der Waals surface area contributed by atoms with E-state index in [2.05, 4.69) is 51.1 Å². The maximum atomic E-state index is 12.4. The van der Waals surface area contributed by atoms with E-state index in [-0.39, 0.29) is 5.91 Å². The number of nitrogens with zero attached hydrogens (tertiary/aromatic N) is 2. The van der Waals surface area contributed by atoms with E-state index in [9.17, 15) is 4.79 Å². The first-order valence-corrected chi connectivity index (χ1v) is 9.94. The molecule has 1 aliphatic rings. The highest BCUT2D eigenvalue weighted by Gasteiger charge is 2.18. The summed E-state index contributed by atoms with van der Waals surface area (Å²) < 4.78 is 0. The summed E-state index contributed by atoms with van der Waals surface area (Å²) in [6.45, 7) is 0. The van der Waals surface area contributed by atoms with Gasteiger partial charge in [-0.25, -0.2) is 5.43 Å². The molecular formula is C25H20N4O. The molecule has 0 atom stereocenters. The molecule has 3 aromatic carbocycles. The number of rotatable bonds is 5. The number of carbonyl (C=O) groups excluding carboxylic acids is 1. The number of hydrazone groups is 1. The van der Waals surface area contributed by atoms with E-state index in [4.69, 9.17) is 0 Å². The number of benzene rings is 3. The average molecular weight is 392 g/mol. The Hall–Kier alpha value is -3.99. The van der Waals surface area contributed by atoms with Gasteiger partial charge in [0.2, 0.25) is 0 Å². The number of hydrogen-bond acceptors (Lipinski definition) is 3. The monoisotopic (exact) mass is 392 g/mol. The second-order valence-electron chi connectivity index (χ2n) is 7.27. The highest BCUT2D eigenvalue weighted by atomic mass is 16.2. The minimum absolute atomic E-state index is 0.330. The summed E-state index contributed by atoms with van der Waals surface area (Å²) in [6.07, 6.45) is 7.41. The number of aromatic nitrogens is 2. The third kappa shape index (κ3) is 3.42. The van der Waals surface area contributed by atoms with Crippen LogP contribution in [0.3, 0.4) is 0 Å². The number of amides is 1. The zero-order valence-corrected chi connectivity index (χ0v) is 16.3. The minimum atomic E-state index is -0.330. The van der Waals surface area contributed by atoms with E-state index < -0.39 is 0 Å². The van der Waals surface area contributed by atoms with Crippen molar-refractivity contribution in [1.82, 2.24) is 15.6 Å². The largest absolute Gasteiger partial charge is 0.289 e. The van der Waals surface area contributed by atoms with Gasteiger partial charge in [-0.05, 0) is 52.4 Å². The van der Waals surface area contributed by atoms with E-state index in [1.54, 1.807) is 18.4 Å². The van der Waals surface area contributed by atoms with Crippen LogP contribution in [0.2, 0.25) is 0 Å². The first-order chi connectivity index (χ1) is 14.8. The molecule has 0 fully saturated rings. The van der Waals surface area contributed by atoms with Crippen LogP contribution in [0.5, 0.6) is 0 Å². The fourth-order valence-corrected chi connectivity index (χ4v) is 3.96. The molecule has 0 bridgehead atoms. The van der Waals surface area contributed by atoms with Gasteiger partial charge in [0.05, 0.1) is 5.69 Å². The average Bonchev–Trinajstić information content (AvgIpc) is 3.43. The summed E-state index contributed by atoms with van der Waals surface area (Å²) in [6, 6.07) is 22.3. The van der Waals surface area contributed by atoms with E-state index in [1.165, 1.54) is 21.9 Å². The summed E-state index contributed by atoms with van der Waals surface area (Å²) in [5.41, 5.74) is 8.52. The predicted octanol–water partition coefficient (Wildman–Crippen LogP) is 4.76. The molecule has 2 N–H and O–H groups in total. The predicted molar refractivity (Wildman–Crippen MR) is 120 cm³/mol. The van der Waals surface area contributed by atoms with Crippen molar-refractivity contribution in [3.63, 3.8) is 0 Å². The normalized spacial score (nSPS) is 12.9. The molecule has 5 nitrogen and oxygen atoms in total. The van der Waals surface area contributed by atoms with E-state index >= 15 is 0 Å². The number of hydrogen-bond donors (Lipinski definition) is 2. The third-order valence-electron chi connectivity index (χ3n) is 5.39. The molecule has 5 heteroatoms. The molecule has 5 rings (SSSR count). The fourth-order valence-electron chi connectivity index (χ4n) is 3.96. The van der Waals surface area contributed by atoms with Crippen LogP contribution >= 0.6 is 0 Å². The maximum Gasteiger partial charge on any atom is 0.289 e. The molecule has 1 amide bonds. The highest BCUT2D eigenvalue weighted by Crippen LogP contribution is 2.36.